The maximum Gasteiger partial charge on any atom is 0.330 e. The van der Waals surface area contributed by atoms with E-state index in [1.165, 1.54) is 46.8 Å². The zero-order valence-corrected chi connectivity index (χ0v) is 36.2. The van der Waals surface area contributed by atoms with Crippen LogP contribution in [0.3, 0.4) is 0 Å². The van der Waals surface area contributed by atoms with Crippen molar-refractivity contribution in [1.29, 1.82) is 0 Å². The third-order valence-corrected chi connectivity index (χ3v) is 13.8. The standard InChI is InChI=1S/C45H74O12/c1-12-33-17-15-13-14-16-27(4)43(10,53)44(11,54)42(52)31(8)41(51)30(7)40(50)29(6)39(49)26(3)18-19-38(48)55-37-24-34(23-35(33)47)56-45(32(37)9)21-20-25(2)36(57-45)22-28(5)46/h13-15,17-19,25-37,39,41,46-47,49,51,53-54H,12,16,20-24H2,1-11H3. The van der Waals surface area contributed by atoms with Crippen molar-refractivity contribution < 1.29 is 59.2 Å². The number of ketones is 2. The van der Waals surface area contributed by atoms with E-state index in [2.05, 4.69) is 6.92 Å². The van der Waals surface area contributed by atoms with Gasteiger partial charge >= 0.3 is 5.97 Å². The van der Waals surface area contributed by atoms with E-state index in [-0.39, 0.29) is 30.3 Å². The molecule has 12 nitrogen and oxygen atoms in total. The fourth-order valence-electron chi connectivity index (χ4n) is 8.84. The highest BCUT2D eigenvalue weighted by Crippen LogP contribution is 2.47. The van der Waals surface area contributed by atoms with Crippen molar-refractivity contribution in [2.45, 2.75) is 181 Å². The Hall–Kier alpha value is -2.29. The van der Waals surface area contributed by atoms with Crippen LogP contribution in [0.5, 0.6) is 0 Å². The topological polar surface area (TPSA) is 200 Å². The lowest BCUT2D eigenvalue weighted by Crippen LogP contribution is -2.61. The molecule has 0 aliphatic carbocycles. The molecule has 57 heavy (non-hydrogen) atoms. The second-order valence-corrected chi connectivity index (χ2v) is 18.2. The number of Topliss-reactive ketones (excluding diaryl/α,β-unsaturated/α-hetero) is 2. The van der Waals surface area contributed by atoms with E-state index < -0.39 is 101 Å². The summed E-state index contributed by atoms with van der Waals surface area (Å²) in [4.78, 5) is 40.7. The third-order valence-electron chi connectivity index (χ3n) is 13.8. The highest BCUT2D eigenvalue weighted by atomic mass is 16.7. The Morgan fingerprint density at radius 2 is 1.49 bits per heavy atom. The Morgan fingerprint density at radius 3 is 2.11 bits per heavy atom. The van der Waals surface area contributed by atoms with Crippen LogP contribution in [0.25, 0.3) is 0 Å². The summed E-state index contributed by atoms with van der Waals surface area (Å²) in [6, 6.07) is 0. The van der Waals surface area contributed by atoms with Gasteiger partial charge in [-0.2, -0.15) is 0 Å². The van der Waals surface area contributed by atoms with Gasteiger partial charge in [-0.25, -0.2) is 4.79 Å². The maximum atomic E-state index is 13.7. The van der Waals surface area contributed by atoms with E-state index >= 15 is 0 Å². The Labute approximate surface area is 340 Å². The number of hydrogen-bond donors (Lipinski definition) is 6. The number of allylic oxidation sites excluding steroid dienone is 3. The summed E-state index contributed by atoms with van der Waals surface area (Å²) in [5.41, 5.74) is -4.20. The Kier molecular flexibility index (Phi) is 17.5. The number of fused-ring (bicyclic) bond motifs is 2. The monoisotopic (exact) mass is 807 g/mol. The maximum absolute atomic E-state index is 13.7. The lowest BCUT2D eigenvalue weighted by Gasteiger charge is -2.53. The van der Waals surface area contributed by atoms with Gasteiger partial charge in [0.05, 0.1) is 36.6 Å². The summed E-state index contributed by atoms with van der Waals surface area (Å²) in [5.74, 6) is -8.18. The average Bonchev–Trinajstić information content (AvgIpc) is 3.15. The summed E-state index contributed by atoms with van der Waals surface area (Å²) >= 11 is 0. The molecule has 326 valence electrons. The van der Waals surface area contributed by atoms with Crippen molar-refractivity contribution in [3.05, 3.63) is 36.5 Å². The summed E-state index contributed by atoms with van der Waals surface area (Å²) in [5, 5.41) is 67.3. The lowest BCUT2D eigenvalue weighted by molar-refractivity contribution is -0.362. The molecule has 3 heterocycles. The van der Waals surface area contributed by atoms with Crippen LogP contribution in [-0.2, 0) is 28.6 Å². The van der Waals surface area contributed by atoms with Crippen LogP contribution in [0.1, 0.15) is 121 Å². The molecule has 3 aliphatic rings. The first kappa shape index (κ1) is 49.1. The first-order chi connectivity index (χ1) is 26.4. The Bertz CT molecular complexity index is 1430. The third kappa shape index (κ3) is 11.5. The molecule has 0 saturated carbocycles. The highest BCUT2D eigenvalue weighted by molar-refractivity contribution is 5.92. The molecule has 0 amide bonds. The van der Waals surface area contributed by atoms with Gasteiger partial charge in [0.15, 0.2) is 11.6 Å². The lowest BCUT2D eigenvalue weighted by atomic mass is 9.69. The molecule has 0 radical (unpaired) electrons. The molecule has 3 rings (SSSR count). The molecule has 6 N–H and O–H groups in total. The Morgan fingerprint density at radius 1 is 0.860 bits per heavy atom. The minimum atomic E-state index is -2.28. The first-order valence-electron chi connectivity index (χ1n) is 21.2. The zero-order valence-electron chi connectivity index (χ0n) is 36.2. The van der Waals surface area contributed by atoms with Crippen LogP contribution in [0.2, 0.25) is 0 Å². The van der Waals surface area contributed by atoms with E-state index in [4.69, 9.17) is 14.2 Å². The summed E-state index contributed by atoms with van der Waals surface area (Å²) in [7, 11) is 0. The van der Waals surface area contributed by atoms with E-state index in [0.29, 0.717) is 32.1 Å². The van der Waals surface area contributed by atoms with Gasteiger partial charge in [-0.15, -0.1) is 0 Å². The van der Waals surface area contributed by atoms with Crippen molar-refractivity contribution in [2.75, 3.05) is 0 Å². The van der Waals surface area contributed by atoms with E-state index in [1.54, 1.807) is 32.9 Å². The minimum Gasteiger partial charge on any atom is -0.459 e. The van der Waals surface area contributed by atoms with Crippen molar-refractivity contribution >= 4 is 17.5 Å². The van der Waals surface area contributed by atoms with Crippen molar-refractivity contribution in [2.24, 2.45) is 47.3 Å². The molecule has 2 bridgehead atoms. The molecule has 0 aromatic carbocycles. The summed E-state index contributed by atoms with van der Waals surface area (Å²) in [6.45, 7) is 18.0. The smallest absolute Gasteiger partial charge is 0.330 e. The predicted octanol–water partition coefficient (Wildman–Crippen LogP) is 5.00. The van der Waals surface area contributed by atoms with Gasteiger partial charge in [0.2, 0.25) is 0 Å². The van der Waals surface area contributed by atoms with Gasteiger partial charge < -0.3 is 44.8 Å². The molecule has 0 aromatic rings. The normalized spacial score (nSPS) is 45.8. The molecule has 3 aliphatic heterocycles. The van der Waals surface area contributed by atoms with E-state index in [0.717, 1.165) is 6.42 Å². The van der Waals surface area contributed by atoms with Gasteiger partial charge in [-0.05, 0) is 58.3 Å². The largest absolute Gasteiger partial charge is 0.459 e. The van der Waals surface area contributed by atoms with Crippen LogP contribution in [-0.4, -0.2) is 108 Å². The van der Waals surface area contributed by atoms with Crippen LogP contribution in [0, 0.1) is 47.3 Å². The molecule has 2 saturated heterocycles. The number of carbonyl (C=O) groups is 3. The molecule has 0 aromatic heterocycles. The second-order valence-electron chi connectivity index (χ2n) is 18.2. The molecular weight excluding hydrogens is 732 g/mol. The number of esters is 1. The van der Waals surface area contributed by atoms with Crippen LogP contribution in [0.4, 0.5) is 0 Å². The first-order valence-corrected chi connectivity index (χ1v) is 21.2. The summed E-state index contributed by atoms with van der Waals surface area (Å²) < 4.78 is 19.6. The second kappa shape index (κ2) is 20.3. The average molecular weight is 807 g/mol. The van der Waals surface area contributed by atoms with Gasteiger partial charge in [-0.1, -0.05) is 85.8 Å². The van der Waals surface area contributed by atoms with Gasteiger partial charge in [0.1, 0.15) is 23.1 Å². The van der Waals surface area contributed by atoms with E-state index in [9.17, 15) is 45.0 Å². The predicted molar refractivity (Wildman–Crippen MR) is 216 cm³/mol. The summed E-state index contributed by atoms with van der Waals surface area (Å²) in [6.07, 6.45) is 7.59. The van der Waals surface area contributed by atoms with Crippen molar-refractivity contribution in [1.82, 2.24) is 0 Å². The number of aliphatic hydroxyl groups is 6. The number of carbonyl (C=O) groups excluding carboxylic acids is 3. The highest BCUT2D eigenvalue weighted by Gasteiger charge is 2.55. The van der Waals surface area contributed by atoms with Gasteiger partial charge in [0, 0.05) is 60.8 Å². The fourth-order valence-corrected chi connectivity index (χ4v) is 8.84. The number of rotatable bonds is 3. The van der Waals surface area contributed by atoms with Crippen LogP contribution < -0.4 is 0 Å². The molecule has 12 heteroatoms. The van der Waals surface area contributed by atoms with Gasteiger partial charge in [0.25, 0.3) is 0 Å². The molecule has 1 spiro atoms. The molecule has 18 atom stereocenters. The minimum absolute atomic E-state index is 0.169. The SMILES string of the molecule is CCC1C=CC=CCC(C)C(C)(O)C(C)(O)C(=O)C(C)C(O)C(C)C(=O)C(C)C(O)C(C)C=CC(=O)OC2CC(CC1O)OC1(CCC(C)C(CC(C)O)O1)C2C. The molecular formula is C45H74O12. The Balaban J connectivity index is 2.01. The van der Waals surface area contributed by atoms with E-state index in [1.807, 2.05) is 26.0 Å². The molecule has 18 unspecified atom stereocenters. The van der Waals surface area contributed by atoms with Crippen LogP contribution in [0.15, 0.2) is 36.5 Å². The van der Waals surface area contributed by atoms with Crippen molar-refractivity contribution in [3.63, 3.8) is 0 Å². The van der Waals surface area contributed by atoms with Crippen LogP contribution >= 0.6 is 0 Å². The number of hydrogen-bond acceptors (Lipinski definition) is 12. The fraction of sp³-hybridized carbons (Fsp3) is 0.800. The van der Waals surface area contributed by atoms with Gasteiger partial charge in [-0.3, -0.25) is 9.59 Å². The zero-order chi connectivity index (χ0) is 43.2. The quantitative estimate of drug-likeness (QED) is 0.209. The van der Waals surface area contributed by atoms with Crippen molar-refractivity contribution in [3.8, 4) is 0 Å². The number of ether oxygens (including phenoxy) is 3. The molecule has 2 fully saturated rings. The number of aliphatic hydroxyl groups excluding tert-OH is 4.